The van der Waals surface area contributed by atoms with Crippen molar-refractivity contribution in [3.8, 4) is 0 Å². The zero-order chi connectivity index (χ0) is 14.0. The minimum absolute atomic E-state index is 0.0315. The van der Waals surface area contributed by atoms with Gasteiger partial charge in [0, 0.05) is 19.3 Å². The molecule has 6 heteroatoms. The molecule has 0 bridgehead atoms. The molecule has 0 amide bonds. The van der Waals surface area contributed by atoms with Crippen molar-refractivity contribution in [1.82, 2.24) is 9.71 Å². The summed E-state index contributed by atoms with van der Waals surface area (Å²) in [5.41, 5.74) is 0. The molecule has 1 aromatic rings. The lowest BCUT2D eigenvalue weighted by Gasteiger charge is -2.19. The second-order valence-corrected chi connectivity index (χ2v) is 6.98. The summed E-state index contributed by atoms with van der Waals surface area (Å²) in [6, 6.07) is 3.27. The van der Waals surface area contributed by atoms with Crippen LogP contribution in [0.5, 0.6) is 0 Å². The molecule has 0 aromatic carbocycles. The predicted octanol–water partition coefficient (Wildman–Crippen LogP) is 1.84. The van der Waals surface area contributed by atoms with Crippen LogP contribution in [-0.4, -0.2) is 26.5 Å². The molecule has 1 aliphatic rings. The van der Waals surface area contributed by atoms with Gasteiger partial charge in [-0.25, -0.2) is 18.1 Å². The molecule has 1 heterocycles. The van der Waals surface area contributed by atoms with E-state index in [4.69, 9.17) is 0 Å². The summed E-state index contributed by atoms with van der Waals surface area (Å²) in [4.78, 5) is 4.26. The number of sulfonamides is 1. The van der Waals surface area contributed by atoms with Gasteiger partial charge in [0.1, 0.15) is 10.7 Å². The number of aromatic nitrogens is 1. The zero-order valence-corrected chi connectivity index (χ0v) is 12.4. The van der Waals surface area contributed by atoms with E-state index in [1.165, 1.54) is 6.20 Å². The standard InChI is InChI=1S/C13H21N3O2S/c1-9-4-6-12(10(9)2)16-19(17,18)11-5-7-13(14-3)15-8-11/h5,7-10,12,16H,4,6H2,1-3H3,(H,14,15). The summed E-state index contributed by atoms with van der Waals surface area (Å²) in [5.74, 6) is 1.60. The Bertz CT molecular complexity index is 527. The maximum atomic E-state index is 12.3. The van der Waals surface area contributed by atoms with Crippen molar-refractivity contribution in [2.75, 3.05) is 12.4 Å². The van der Waals surface area contributed by atoms with Crippen molar-refractivity contribution >= 4 is 15.8 Å². The number of hydrogen-bond donors (Lipinski definition) is 2. The summed E-state index contributed by atoms with van der Waals surface area (Å²) >= 11 is 0. The molecule has 2 rings (SSSR count). The molecule has 3 atom stereocenters. The van der Waals surface area contributed by atoms with Gasteiger partial charge in [-0.1, -0.05) is 13.8 Å². The quantitative estimate of drug-likeness (QED) is 0.884. The van der Waals surface area contributed by atoms with Gasteiger partial charge < -0.3 is 5.32 Å². The molecule has 19 heavy (non-hydrogen) atoms. The SMILES string of the molecule is CNc1ccc(S(=O)(=O)NC2CCC(C)C2C)cn1. The van der Waals surface area contributed by atoms with Crippen molar-refractivity contribution in [1.29, 1.82) is 0 Å². The van der Waals surface area contributed by atoms with E-state index in [2.05, 4.69) is 28.9 Å². The Morgan fingerprint density at radius 3 is 2.47 bits per heavy atom. The molecule has 3 unspecified atom stereocenters. The summed E-state index contributed by atoms with van der Waals surface area (Å²) < 4.78 is 27.3. The molecular formula is C13H21N3O2S. The van der Waals surface area contributed by atoms with Crippen LogP contribution in [0.2, 0.25) is 0 Å². The van der Waals surface area contributed by atoms with Gasteiger partial charge in [0.15, 0.2) is 0 Å². The summed E-state index contributed by atoms with van der Waals surface area (Å²) in [6.45, 7) is 4.27. The molecule has 0 radical (unpaired) electrons. The first-order valence-electron chi connectivity index (χ1n) is 6.60. The summed E-state index contributed by atoms with van der Waals surface area (Å²) in [7, 11) is -1.72. The monoisotopic (exact) mass is 283 g/mol. The molecule has 1 fully saturated rings. The molecule has 106 valence electrons. The molecule has 5 nitrogen and oxygen atoms in total. The first-order chi connectivity index (χ1) is 8.94. The highest BCUT2D eigenvalue weighted by molar-refractivity contribution is 7.89. The summed E-state index contributed by atoms with van der Waals surface area (Å²) in [6.07, 6.45) is 3.37. The van der Waals surface area contributed by atoms with E-state index in [-0.39, 0.29) is 10.9 Å². The van der Waals surface area contributed by atoms with Crippen LogP contribution < -0.4 is 10.0 Å². The van der Waals surface area contributed by atoms with E-state index < -0.39 is 10.0 Å². The maximum Gasteiger partial charge on any atom is 0.242 e. The van der Waals surface area contributed by atoms with Gasteiger partial charge in [-0.2, -0.15) is 0 Å². The van der Waals surface area contributed by atoms with Gasteiger partial charge in [0.2, 0.25) is 10.0 Å². The van der Waals surface area contributed by atoms with E-state index >= 15 is 0 Å². The lowest BCUT2D eigenvalue weighted by Crippen LogP contribution is -2.37. The van der Waals surface area contributed by atoms with Gasteiger partial charge >= 0.3 is 0 Å². The predicted molar refractivity (Wildman–Crippen MR) is 75.5 cm³/mol. The first-order valence-corrected chi connectivity index (χ1v) is 8.08. The number of anilines is 1. The molecule has 0 aliphatic heterocycles. The third kappa shape index (κ3) is 3.06. The average Bonchev–Trinajstić information content (AvgIpc) is 2.70. The minimum Gasteiger partial charge on any atom is -0.373 e. The Morgan fingerprint density at radius 1 is 1.26 bits per heavy atom. The Kier molecular flexibility index (Phi) is 4.10. The first kappa shape index (κ1) is 14.3. The Labute approximate surface area is 114 Å². The second-order valence-electron chi connectivity index (χ2n) is 5.27. The second kappa shape index (κ2) is 5.46. The Morgan fingerprint density at radius 2 is 2.00 bits per heavy atom. The van der Waals surface area contributed by atoms with Crippen LogP contribution in [0.1, 0.15) is 26.7 Å². The van der Waals surface area contributed by atoms with Gasteiger partial charge in [-0.3, -0.25) is 0 Å². The number of rotatable bonds is 4. The fourth-order valence-electron chi connectivity index (χ4n) is 2.49. The minimum atomic E-state index is -3.47. The molecular weight excluding hydrogens is 262 g/mol. The maximum absolute atomic E-state index is 12.3. The highest BCUT2D eigenvalue weighted by Gasteiger charge is 2.33. The smallest absolute Gasteiger partial charge is 0.242 e. The Balaban J connectivity index is 2.13. The normalized spacial score (nSPS) is 27.4. The topological polar surface area (TPSA) is 71.1 Å². The average molecular weight is 283 g/mol. The van der Waals surface area contributed by atoms with Crippen LogP contribution in [-0.2, 0) is 10.0 Å². The van der Waals surface area contributed by atoms with Crippen LogP contribution in [0, 0.1) is 11.8 Å². The van der Waals surface area contributed by atoms with Crippen molar-refractivity contribution < 1.29 is 8.42 Å². The highest BCUT2D eigenvalue weighted by Crippen LogP contribution is 2.32. The van der Waals surface area contributed by atoms with Crippen molar-refractivity contribution in [3.05, 3.63) is 18.3 Å². The van der Waals surface area contributed by atoms with Crippen LogP contribution in [0.25, 0.3) is 0 Å². The van der Waals surface area contributed by atoms with Crippen LogP contribution in [0.3, 0.4) is 0 Å². The molecule has 2 N–H and O–H groups in total. The number of pyridine rings is 1. The van der Waals surface area contributed by atoms with Crippen LogP contribution >= 0.6 is 0 Å². The van der Waals surface area contributed by atoms with E-state index in [1.54, 1.807) is 19.2 Å². The van der Waals surface area contributed by atoms with Crippen LogP contribution in [0.4, 0.5) is 5.82 Å². The molecule has 1 aliphatic carbocycles. The molecule has 0 spiro atoms. The number of hydrogen-bond acceptors (Lipinski definition) is 4. The summed E-state index contributed by atoms with van der Waals surface area (Å²) in [5, 5.41) is 2.87. The molecule has 1 saturated carbocycles. The fourth-order valence-corrected chi connectivity index (χ4v) is 3.79. The lowest BCUT2D eigenvalue weighted by atomic mass is 9.98. The van der Waals surface area contributed by atoms with Crippen molar-refractivity contribution in [2.45, 2.75) is 37.6 Å². The molecule has 0 saturated heterocycles. The highest BCUT2D eigenvalue weighted by atomic mass is 32.2. The molecule has 1 aromatic heterocycles. The fraction of sp³-hybridized carbons (Fsp3) is 0.615. The number of nitrogens with zero attached hydrogens (tertiary/aromatic N) is 1. The van der Waals surface area contributed by atoms with E-state index in [0.29, 0.717) is 17.7 Å². The van der Waals surface area contributed by atoms with E-state index in [9.17, 15) is 8.42 Å². The number of nitrogens with one attached hydrogen (secondary N) is 2. The van der Waals surface area contributed by atoms with Gasteiger partial charge in [0.25, 0.3) is 0 Å². The van der Waals surface area contributed by atoms with Crippen LogP contribution in [0.15, 0.2) is 23.2 Å². The Hall–Kier alpha value is -1.14. The van der Waals surface area contributed by atoms with Crippen molar-refractivity contribution in [2.24, 2.45) is 11.8 Å². The zero-order valence-electron chi connectivity index (χ0n) is 11.6. The van der Waals surface area contributed by atoms with E-state index in [0.717, 1.165) is 12.8 Å². The third-order valence-corrected chi connectivity index (χ3v) is 5.55. The van der Waals surface area contributed by atoms with Gasteiger partial charge in [-0.05, 0) is 36.8 Å². The van der Waals surface area contributed by atoms with Crippen molar-refractivity contribution in [3.63, 3.8) is 0 Å². The van der Waals surface area contributed by atoms with Gasteiger partial charge in [-0.15, -0.1) is 0 Å². The van der Waals surface area contributed by atoms with Gasteiger partial charge in [0.05, 0.1) is 0 Å². The third-order valence-electron chi connectivity index (χ3n) is 4.07. The lowest BCUT2D eigenvalue weighted by molar-refractivity contribution is 0.402. The van der Waals surface area contributed by atoms with E-state index in [1.807, 2.05) is 0 Å². The largest absolute Gasteiger partial charge is 0.373 e.